The van der Waals surface area contributed by atoms with Gasteiger partial charge in [-0.3, -0.25) is 9.59 Å². The second-order valence-corrected chi connectivity index (χ2v) is 11.7. The molecule has 4 bridgehead atoms. The Balaban J connectivity index is 1.10. The van der Waals surface area contributed by atoms with Gasteiger partial charge in [0.1, 0.15) is 6.10 Å². The van der Waals surface area contributed by atoms with Crippen LogP contribution < -0.4 is 11.3 Å². The highest BCUT2D eigenvalue weighted by Gasteiger charge is 2.59. The summed E-state index contributed by atoms with van der Waals surface area (Å²) >= 11 is 1.58. The normalized spacial score (nSPS) is 33.9. The van der Waals surface area contributed by atoms with Crippen molar-refractivity contribution in [3.05, 3.63) is 39.1 Å². The van der Waals surface area contributed by atoms with E-state index in [1.807, 2.05) is 11.4 Å². The van der Waals surface area contributed by atoms with Gasteiger partial charge in [0.2, 0.25) is 5.91 Å². The predicted molar refractivity (Wildman–Crippen MR) is 127 cm³/mol. The van der Waals surface area contributed by atoms with Gasteiger partial charge in [-0.15, -0.1) is 11.3 Å². The van der Waals surface area contributed by atoms with Gasteiger partial charge in [0.25, 0.3) is 5.56 Å². The molecule has 1 aliphatic heterocycles. The molecule has 0 spiro atoms. The van der Waals surface area contributed by atoms with Crippen LogP contribution in [0.25, 0.3) is 11.3 Å². The number of pyridine rings is 1. The van der Waals surface area contributed by atoms with Gasteiger partial charge in [0.05, 0.1) is 16.1 Å². The zero-order valence-corrected chi connectivity index (χ0v) is 20.1. The molecule has 2 aromatic heterocycles. The van der Waals surface area contributed by atoms with Crippen LogP contribution in [0.5, 0.6) is 0 Å². The summed E-state index contributed by atoms with van der Waals surface area (Å²) in [6.07, 6.45) is 6.78. The second kappa shape index (κ2) is 7.93. The van der Waals surface area contributed by atoms with E-state index >= 15 is 0 Å². The van der Waals surface area contributed by atoms with Crippen LogP contribution in [-0.4, -0.2) is 45.6 Å². The number of nitrogens with two attached hydrogens (primary N) is 1. The fraction of sp³-hybridized carbons (Fsp3) is 0.600. The monoisotopic (exact) mass is 482 g/mol. The van der Waals surface area contributed by atoms with E-state index in [9.17, 15) is 14.4 Å². The molecule has 2 aromatic rings. The molecule has 4 unspecified atom stereocenters. The van der Waals surface area contributed by atoms with E-state index in [4.69, 9.17) is 15.5 Å². The molecule has 4 aliphatic carbocycles. The molecule has 0 radical (unpaired) electrons. The standard InChI is InChI=1S/C25H30N4O4S/c1-28-4-2-15(8-20(28)30)19-13-34-22(27-19)16-3-5-29(12-16)24(32)33-21-17-6-14-7-18(21)11-25(9-14,10-17)23(26)31/h2,4,8,13-14,16-18,21H,3,5-7,9-12H2,1H3,(H2,26,31)/t14?,16?,17-,18+,21?,25?. The van der Waals surface area contributed by atoms with Gasteiger partial charge < -0.3 is 19.9 Å². The van der Waals surface area contributed by atoms with Crippen molar-refractivity contribution in [3.8, 4) is 11.3 Å². The largest absolute Gasteiger partial charge is 0.446 e. The number of amides is 2. The maximum absolute atomic E-state index is 13.1. The molecule has 4 saturated carbocycles. The van der Waals surface area contributed by atoms with Crippen molar-refractivity contribution in [1.29, 1.82) is 0 Å². The topological polar surface area (TPSA) is 108 Å². The quantitative estimate of drug-likeness (QED) is 0.721. The SMILES string of the molecule is Cn1ccc(-c2csc(C3CCN(C(=O)OC4[C@@H]5CC6C[C@H]4CC(C(N)=O)(C6)C5)C3)n2)cc1=O. The lowest BCUT2D eigenvalue weighted by atomic mass is 9.48. The lowest BCUT2D eigenvalue weighted by molar-refractivity contribution is -0.161. The highest BCUT2D eigenvalue weighted by Crippen LogP contribution is 2.60. The average molecular weight is 483 g/mol. The number of nitrogens with zero attached hydrogens (tertiary/aromatic N) is 3. The van der Waals surface area contributed by atoms with Crippen molar-refractivity contribution >= 4 is 23.3 Å². The van der Waals surface area contributed by atoms with Crippen LogP contribution in [0, 0.1) is 23.2 Å². The highest BCUT2D eigenvalue weighted by molar-refractivity contribution is 7.10. The van der Waals surface area contributed by atoms with E-state index in [1.165, 1.54) is 4.57 Å². The van der Waals surface area contributed by atoms with Gasteiger partial charge in [0, 0.05) is 49.3 Å². The maximum Gasteiger partial charge on any atom is 0.410 e. The molecule has 6 atom stereocenters. The number of ether oxygens (including phenoxy) is 1. The molecule has 5 aliphatic rings. The molecule has 34 heavy (non-hydrogen) atoms. The molecule has 2 amide bonds. The summed E-state index contributed by atoms with van der Waals surface area (Å²) in [5, 5.41) is 2.97. The highest BCUT2D eigenvalue weighted by atomic mass is 32.1. The van der Waals surface area contributed by atoms with E-state index in [2.05, 4.69) is 0 Å². The molecule has 2 N–H and O–H groups in total. The number of carbonyl (C=O) groups excluding carboxylic acids is 2. The number of aryl methyl sites for hydroxylation is 1. The molecule has 9 heteroatoms. The van der Waals surface area contributed by atoms with Crippen LogP contribution in [0.4, 0.5) is 4.79 Å². The summed E-state index contributed by atoms with van der Waals surface area (Å²) in [6, 6.07) is 3.50. The molecule has 8 nitrogen and oxygen atoms in total. The summed E-state index contributed by atoms with van der Waals surface area (Å²) in [5.41, 5.74) is 6.97. The number of primary amides is 1. The van der Waals surface area contributed by atoms with Crippen molar-refractivity contribution in [2.75, 3.05) is 13.1 Å². The van der Waals surface area contributed by atoms with E-state index in [1.54, 1.807) is 35.5 Å². The number of carbonyl (C=O) groups is 2. The first-order chi connectivity index (χ1) is 16.3. The van der Waals surface area contributed by atoms with Gasteiger partial charge in [-0.2, -0.15) is 0 Å². The fourth-order valence-electron chi connectivity index (χ4n) is 7.11. The lowest BCUT2D eigenvalue weighted by Crippen LogP contribution is -2.59. The van der Waals surface area contributed by atoms with E-state index < -0.39 is 0 Å². The maximum atomic E-state index is 13.1. The minimum Gasteiger partial charge on any atom is -0.446 e. The Hall–Kier alpha value is -2.68. The summed E-state index contributed by atoms with van der Waals surface area (Å²) in [6.45, 7) is 1.25. The van der Waals surface area contributed by atoms with Crippen LogP contribution in [-0.2, 0) is 16.6 Å². The Kier molecular flexibility index (Phi) is 5.09. The third kappa shape index (κ3) is 3.56. The van der Waals surface area contributed by atoms with Crippen LogP contribution >= 0.6 is 11.3 Å². The first-order valence-corrected chi connectivity index (χ1v) is 13.1. The second-order valence-electron chi connectivity index (χ2n) is 10.8. The first-order valence-electron chi connectivity index (χ1n) is 12.2. The number of hydrogen-bond acceptors (Lipinski definition) is 6. The summed E-state index contributed by atoms with van der Waals surface area (Å²) in [4.78, 5) is 43.8. The van der Waals surface area contributed by atoms with E-state index in [0.717, 1.165) is 54.8 Å². The average Bonchev–Trinajstić information content (AvgIpc) is 3.47. The van der Waals surface area contributed by atoms with Crippen molar-refractivity contribution in [1.82, 2.24) is 14.5 Å². The number of likely N-dealkylation sites (tertiary alicyclic amines) is 1. The molecule has 7 rings (SSSR count). The van der Waals surface area contributed by atoms with E-state index in [0.29, 0.717) is 19.0 Å². The van der Waals surface area contributed by atoms with E-state index in [-0.39, 0.29) is 46.8 Å². The number of thiazole rings is 1. The van der Waals surface area contributed by atoms with Crippen LogP contribution in [0.15, 0.2) is 28.5 Å². The van der Waals surface area contributed by atoms with Crippen LogP contribution in [0.2, 0.25) is 0 Å². The first kappa shape index (κ1) is 21.8. The molecule has 5 fully saturated rings. The van der Waals surface area contributed by atoms with Gasteiger partial charge >= 0.3 is 6.09 Å². The Morgan fingerprint density at radius 3 is 2.71 bits per heavy atom. The molecule has 1 saturated heterocycles. The summed E-state index contributed by atoms with van der Waals surface area (Å²) in [5.74, 6) is 1.05. The minimum absolute atomic E-state index is 0.0617. The molecule has 180 valence electrons. The third-order valence-corrected chi connectivity index (χ3v) is 9.67. The molecular formula is C25H30N4O4S. The number of rotatable bonds is 4. The zero-order valence-electron chi connectivity index (χ0n) is 19.3. The smallest absolute Gasteiger partial charge is 0.410 e. The summed E-state index contributed by atoms with van der Waals surface area (Å²) in [7, 11) is 1.73. The van der Waals surface area contributed by atoms with Crippen molar-refractivity contribution in [2.45, 2.75) is 50.5 Å². The van der Waals surface area contributed by atoms with Crippen molar-refractivity contribution in [2.24, 2.45) is 36.0 Å². The lowest BCUT2D eigenvalue weighted by Gasteiger charge is -2.58. The number of aromatic nitrogens is 2. The van der Waals surface area contributed by atoms with Gasteiger partial charge in [-0.25, -0.2) is 9.78 Å². The zero-order chi connectivity index (χ0) is 23.6. The Bertz CT molecular complexity index is 1190. The minimum atomic E-state index is -0.371. The molecular weight excluding hydrogens is 452 g/mol. The third-order valence-electron chi connectivity index (χ3n) is 8.66. The molecule has 3 heterocycles. The Morgan fingerprint density at radius 2 is 2.00 bits per heavy atom. The van der Waals surface area contributed by atoms with Crippen molar-refractivity contribution in [3.63, 3.8) is 0 Å². The van der Waals surface area contributed by atoms with Crippen LogP contribution in [0.1, 0.15) is 49.5 Å². The Morgan fingerprint density at radius 1 is 1.24 bits per heavy atom. The summed E-state index contributed by atoms with van der Waals surface area (Å²) < 4.78 is 7.64. The van der Waals surface area contributed by atoms with Crippen molar-refractivity contribution < 1.29 is 14.3 Å². The Labute approximate surface area is 202 Å². The molecule has 0 aromatic carbocycles. The number of hydrogen-bond donors (Lipinski definition) is 1. The van der Waals surface area contributed by atoms with Crippen LogP contribution in [0.3, 0.4) is 0 Å². The fourth-order valence-corrected chi connectivity index (χ4v) is 8.06. The van der Waals surface area contributed by atoms with Gasteiger partial charge in [-0.1, -0.05) is 0 Å². The van der Waals surface area contributed by atoms with Gasteiger partial charge in [0.15, 0.2) is 0 Å². The van der Waals surface area contributed by atoms with Gasteiger partial charge in [-0.05, 0) is 62.3 Å². The predicted octanol–water partition coefficient (Wildman–Crippen LogP) is 3.11.